The van der Waals surface area contributed by atoms with Gasteiger partial charge in [-0.15, -0.1) is 0 Å². The number of hydrogen-bond acceptors (Lipinski definition) is 3. The smallest absolute Gasteiger partial charge is 0.159 e. The van der Waals surface area contributed by atoms with Crippen LogP contribution in [0, 0.1) is 0 Å². The summed E-state index contributed by atoms with van der Waals surface area (Å²) in [6, 6.07) is 7.98. The highest BCUT2D eigenvalue weighted by molar-refractivity contribution is 5.94. The summed E-state index contributed by atoms with van der Waals surface area (Å²) in [5.41, 5.74) is 7.60. The molecule has 1 saturated heterocycles. The molecule has 2 rings (SSSR count). The quantitative estimate of drug-likeness (QED) is 0.709. The first-order valence-electron chi connectivity index (χ1n) is 4.78. The number of nitrogens with zero attached hydrogens (tertiary/aromatic N) is 1. The number of anilines is 1. The minimum Gasteiger partial charge on any atom is -0.368 e. The van der Waals surface area contributed by atoms with Crippen molar-refractivity contribution in [1.29, 1.82) is 0 Å². The summed E-state index contributed by atoms with van der Waals surface area (Å²) < 4.78 is 0. The fourth-order valence-corrected chi connectivity index (χ4v) is 1.63. The molecule has 74 valence electrons. The molecule has 2 N–H and O–H groups in total. The van der Waals surface area contributed by atoms with Gasteiger partial charge in [0.15, 0.2) is 5.78 Å². The molecule has 0 aromatic heterocycles. The van der Waals surface area contributed by atoms with Gasteiger partial charge < -0.3 is 10.6 Å². The number of carbonyl (C=O) groups excluding carboxylic acids is 1. The molecule has 3 heteroatoms. The van der Waals surface area contributed by atoms with Gasteiger partial charge in [0.1, 0.15) is 0 Å². The standard InChI is InChI=1S/C11H14N2O/c1-8(14)9-2-4-11(5-3-9)13-6-10(12)7-13/h2-5,10H,6-7,12H2,1H3. The second-order valence-electron chi connectivity index (χ2n) is 3.77. The summed E-state index contributed by atoms with van der Waals surface area (Å²) in [5, 5.41) is 0. The molecule has 1 fully saturated rings. The summed E-state index contributed by atoms with van der Waals surface area (Å²) in [6.45, 7) is 3.41. The van der Waals surface area contributed by atoms with Gasteiger partial charge in [0, 0.05) is 30.4 Å². The molecule has 1 aliphatic heterocycles. The van der Waals surface area contributed by atoms with E-state index in [1.807, 2.05) is 24.3 Å². The van der Waals surface area contributed by atoms with Crippen molar-refractivity contribution in [3.05, 3.63) is 29.8 Å². The van der Waals surface area contributed by atoms with Gasteiger partial charge in [-0.1, -0.05) is 0 Å². The molecule has 3 nitrogen and oxygen atoms in total. The molecule has 0 spiro atoms. The van der Waals surface area contributed by atoms with Crippen LogP contribution in [0.25, 0.3) is 0 Å². The lowest BCUT2D eigenvalue weighted by Crippen LogP contribution is -2.55. The molecular formula is C11H14N2O. The van der Waals surface area contributed by atoms with Crippen molar-refractivity contribution in [2.75, 3.05) is 18.0 Å². The molecule has 0 saturated carbocycles. The van der Waals surface area contributed by atoms with E-state index in [0.29, 0.717) is 6.04 Å². The number of rotatable bonds is 2. The molecule has 14 heavy (non-hydrogen) atoms. The summed E-state index contributed by atoms with van der Waals surface area (Å²) >= 11 is 0. The predicted molar refractivity (Wildman–Crippen MR) is 56.6 cm³/mol. The van der Waals surface area contributed by atoms with Crippen LogP contribution in [0.4, 0.5) is 5.69 Å². The fraction of sp³-hybridized carbons (Fsp3) is 0.364. The molecule has 1 heterocycles. The van der Waals surface area contributed by atoms with Crippen molar-refractivity contribution < 1.29 is 4.79 Å². The largest absolute Gasteiger partial charge is 0.368 e. The molecule has 0 amide bonds. The zero-order valence-electron chi connectivity index (χ0n) is 8.23. The van der Waals surface area contributed by atoms with Crippen molar-refractivity contribution in [1.82, 2.24) is 0 Å². The maximum atomic E-state index is 11.0. The van der Waals surface area contributed by atoms with Crippen molar-refractivity contribution >= 4 is 11.5 Å². The zero-order chi connectivity index (χ0) is 10.1. The minimum absolute atomic E-state index is 0.108. The van der Waals surface area contributed by atoms with Crippen LogP contribution in [0.15, 0.2) is 24.3 Å². The van der Waals surface area contributed by atoms with Gasteiger partial charge in [-0.3, -0.25) is 4.79 Å². The fourth-order valence-electron chi connectivity index (χ4n) is 1.63. The lowest BCUT2D eigenvalue weighted by Gasteiger charge is -2.38. The Morgan fingerprint density at radius 2 is 1.93 bits per heavy atom. The molecule has 0 unspecified atom stereocenters. The highest BCUT2D eigenvalue weighted by Gasteiger charge is 2.22. The molecule has 1 aliphatic rings. The van der Waals surface area contributed by atoms with Crippen molar-refractivity contribution in [2.24, 2.45) is 5.73 Å². The van der Waals surface area contributed by atoms with E-state index in [4.69, 9.17) is 5.73 Å². The predicted octanol–water partition coefficient (Wildman–Crippen LogP) is 1.04. The molecule has 0 bridgehead atoms. The summed E-state index contributed by atoms with van der Waals surface area (Å²) in [5.74, 6) is 0.108. The Labute approximate surface area is 83.5 Å². The van der Waals surface area contributed by atoms with Crippen LogP contribution < -0.4 is 10.6 Å². The van der Waals surface area contributed by atoms with E-state index in [-0.39, 0.29) is 5.78 Å². The van der Waals surface area contributed by atoms with Gasteiger partial charge in [0.05, 0.1) is 0 Å². The van der Waals surface area contributed by atoms with E-state index in [1.54, 1.807) is 6.92 Å². The second-order valence-corrected chi connectivity index (χ2v) is 3.77. The van der Waals surface area contributed by atoms with Crippen LogP contribution in [0.3, 0.4) is 0 Å². The Balaban J connectivity index is 2.10. The minimum atomic E-state index is 0.108. The maximum Gasteiger partial charge on any atom is 0.159 e. The first-order valence-corrected chi connectivity index (χ1v) is 4.78. The molecule has 0 atom stereocenters. The van der Waals surface area contributed by atoms with Gasteiger partial charge in [-0.05, 0) is 31.2 Å². The topological polar surface area (TPSA) is 46.3 Å². The number of hydrogen-bond donors (Lipinski definition) is 1. The van der Waals surface area contributed by atoms with E-state index in [1.165, 1.54) is 0 Å². The first kappa shape index (κ1) is 9.21. The Bertz CT molecular complexity index is 339. The normalized spacial score (nSPS) is 16.6. The number of nitrogens with two attached hydrogens (primary N) is 1. The molecule has 0 radical (unpaired) electrons. The third kappa shape index (κ3) is 1.63. The molecule has 0 aliphatic carbocycles. The Kier molecular flexibility index (Phi) is 2.25. The van der Waals surface area contributed by atoms with Crippen LogP contribution in [0.5, 0.6) is 0 Å². The van der Waals surface area contributed by atoms with E-state index < -0.39 is 0 Å². The van der Waals surface area contributed by atoms with Crippen LogP contribution in [-0.2, 0) is 0 Å². The Morgan fingerprint density at radius 3 is 2.36 bits per heavy atom. The van der Waals surface area contributed by atoms with Crippen LogP contribution in [0.1, 0.15) is 17.3 Å². The molecular weight excluding hydrogens is 176 g/mol. The van der Waals surface area contributed by atoms with Crippen LogP contribution in [-0.4, -0.2) is 24.9 Å². The number of ketones is 1. The zero-order valence-corrected chi connectivity index (χ0v) is 8.23. The number of benzene rings is 1. The lowest BCUT2D eigenvalue weighted by molar-refractivity contribution is 0.101. The lowest BCUT2D eigenvalue weighted by atomic mass is 10.1. The SMILES string of the molecule is CC(=O)c1ccc(N2CC(N)C2)cc1. The van der Waals surface area contributed by atoms with Gasteiger partial charge in [-0.25, -0.2) is 0 Å². The van der Waals surface area contributed by atoms with Crippen LogP contribution in [0.2, 0.25) is 0 Å². The highest BCUT2D eigenvalue weighted by atomic mass is 16.1. The molecule has 1 aromatic rings. The maximum absolute atomic E-state index is 11.0. The van der Waals surface area contributed by atoms with Crippen molar-refractivity contribution in [2.45, 2.75) is 13.0 Å². The van der Waals surface area contributed by atoms with E-state index in [9.17, 15) is 4.79 Å². The number of Topliss-reactive ketones (excluding diaryl/α,β-unsaturated/α-hetero) is 1. The first-order chi connectivity index (χ1) is 6.66. The third-order valence-electron chi connectivity index (χ3n) is 2.55. The summed E-state index contributed by atoms with van der Waals surface area (Å²) in [6.07, 6.45) is 0. The van der Waals surface area contributed by atoms with Gasteiger partial charge in [-0.2, -0.15) is 0 Å². The average Bonchev–Trinajstić information content (AvgIpc) is 2.13. The summed E-state index contributed by atoms with van der Waals surface area (Å²) in [4.78, 5) is 13.2. The monoisotopic (exact) mass is 190 g/mol. The van der Waals surface area contributed by atoms with Gasteiger partial charge >= 0.3 is 0 Å². The number of carbonyl (C=O) groups is 1. The van der Waals surface area contributed by atoms with Crippen molar-refractivity contribution in [3.8, 4) is 0 Å². The highest BCUT2D eigenvalue weighted by Crippen LogP contribution is 2.20. The third-order valence-corrected chi connectivity index (χ3v) is 2.55. The average molecular weight is 190 g/mol. The Hall–Kier alpha value is -1.35. The van der Waals surface area contributed by atoms with Crippen LogP contribution >= 0.6 is 0 Å². The second kappa shape index (κ2) is 3.42. The van der Waals surface area contributed by atoms with Gasteiger partial charge in [0.25, 0.3) is 0 Å². The van der Waals surface area contributed by atoms with E-state index >= 15 is 0 Å². The van der Waals surface area contributed by atoms with Gasteiger partial charge in [0.2, 0.25) is 0 Å². The van der Waals surface area contributed by atoms with Crippen molar-refractivity contribution in [3.63, 3.8) is 0 Å². The summed E-state index contributed by atoms with van der Waals surface area (Å²) in [7, 11) is 0. The molecule has 1 aromatic carbocycles. The van der Waals surface area contributed by atoms with E-state index in [2.05, 4.69) is 4.90 Å². The Morgan fingerprint density at radius 1 is 1.36 bits per heavy atom. The van der Waals surface area contributed by atoms with E-state index in [0.717, 1.165) is 24.3 Å².